The number of hydrogen-bond donors (Lipinski definition) is 2. The third kappa shape index (κ3) is 5.80. The minimum absolute atomic E-state index is 0.00570. The molecule has 2 heterocycles. The normalized spacial score (nSPS) is 15.3. The summed E-state index contributed by atoms with van der Waals surface area (Å²) in [5, 5.41) is 0.120. The maximum Gasteiger partial charge on any atom is 0.243 e. The fraction of sp³-hybridized carbons (Fsp3) is 0.320. The van der Waals surface area contributed by atoms with E-state index in [0.29, 0.717) is 44.1 Å². The Kier molecular flexibility index (Phi) is 7.69. The summed E-state index contributed by atoms with van der Waals surface area (Å²) in [6, 6.07) is 17.6. The lowest BCUT2D eigenvalue weighted by Gasteiger charge is -2.37. The first-order valence-electron chi connectivity index (χ1n) is 11.5. The van der Waals surface area contributed by atoms with Crippen molar-refractivity contribution in [3.63, 3.8) is 0 Å². The van der Waals surface area contributed by atoms with Gasteiger partial charge < -0.3 is 20.1 Å². The summed E-state index contributed by atoms with van der Waals surface area (Å²) in [6.07, 6.45) is 2.06. The van der Waals surface area contributed by atoms with E-state index in [-0.39, 0.29) is 22.2 Å². The highest BCUT2D eigenvalue weighted by molar-refractivity contribution is 7.89. The van der Waals surface area contributed by atoms with Crippen molar-refractivity contribution < 1.29 is 13.2 Å². The minimum Gasteiger partial charge on any atom is -0.385 e. The van der Waals surface area contributed by atoms with Crippen molar-refractivity contribution in [2.45, 2.75) is 30.8 Å². The number of halogens is 1. The lowest BCUT2D eigenvalue weighted by atomic mass is 10.1. The number of sulfonamides is 1. The predicted octanol–water partition coefficient (Wildman–Crippen LogP) is 3.12. The summed E-state index contributed by atoms with van der Waals surface area (Å²) in [6.45, 7) is 4.42. The van der Waals surface area contributed by atoms with Gasteiger partial charge in [-0.2, -0.15) is 4.72 Å². The largest absolute Gasteiger partial charge is 0.385 e. The maximum absolute atomic E-state index is 13.6. The van der Waals surface area contributed by atoms with Crippen LogP contribution in [0, 0.1) is 6.92 Å². The van der Waals surface area contributed by atoms with Gasteiger partial charge in [0.2, 0.25) is 15.9 Å². The Bertz CT molecular complexity index is 1250. The number of nitrogen functional groups attached to an aromatic ring is 1. The molecule has 3 aromatic rings. The molecule has 0 bridgehead atoms. The first-order chi connectivity index (χ1) is 16.8. The summed E-state index contributed by atoms with van der Waals surface area (Å²) < 4.78 is 31.1. The lowest BCUT2D eigenvalue weighted by Crippen LogP contribution is -2.55. The molecule has 186 valence electrons. The Labute approximate surface area is 211 Å². The van der Waals surface area contributed by atoms with Crippen LogP contribution in [0.4, 0.5) is 11.5 Å². The Morgan fingerprint density at radius 2 is 1.74 bits per heavy atom. The topological polar surface area (TPSA) is 101 Å². The minimum atomic E-state index is -4.04. The average Bonchev–Trinajstić information content (AvgIpc) is 3.26. The van der Waals surface area contributed by atoms with E-state index in [0.717, 1.165) is 5.69 Å². The molecule has 0 saturated carbocycles. The number of aromatic nitrogens is 1. The molecule has 0 aliphatic carbocycles. The van der Waals surface area contributed by atoms with Crippen LogP contribution in [0.1, 0.15) is 12.0 Å². The van der Waals surface area contributed by atoms with Crippen LogP contribution in [0.25, 0.3) is 0 Å². The highest BCUT2D eigenvalue weighted by Gasteiger charge is 2.32. The number of rotatable bonds is 8. The molecule has 1 fully saturated rings. The molecule has 1 saturated heterocycles. The molecule has 1 aromatic heterocycles. The SMILES string of the molecule is Cc1cccc(Cl)c1S(=O)(=O)NC(CCn1cccc1N)C(=O)N1CCN(c2ccccc2)CC1. The molecule has 8 nitrogen and oxygen atoms in total. The average molecular weight is 516 g/mol. The van der Waals surface area contributed by atoms with Gasteiger partial charge in [0.05, 0.1) is 5.02 Å². The summed E-state index contributed by atoms with van der Waals surface area (Å²) in [5.41, 5.74) is 7.60. The molecular weight excluding hydrogens is 486 g/mol. The zero-order valence-electron chi connectivity index (χ0n) is 19.6. The van der Waals surface area contributed by atoms with E-state index >= 15 is 0 Å². The number of amides is 1. The number of aryl methyl sites for hydroxylation is 2. The Hall–Kier alpha value is -3.01. The molecule has 1 amide bonds. The lowest BCUT2D eigenvalue weighted by molar-refractivity contribution is -0.133. The maximum atomic E-state index is 13.6. The molecule has 0 spiro atoms. The number of para-hydroxylation sites is 1. The van der Waals surface area contributed by atoms with Gasteiger partial charge in [0.1, 0.15) is 16.8 Å². The first kappa shape index (κ1) is 25.1. The van der Waals surface area contributed by atoms with Crippen molar-refractivity contribution in [2.75, 3.05) is 36.8 Å². The van der Waals surface area contributed by atoms with Crippen molar-refractivity contribution in [1.82, 2.24) is 14.2 Å². The van der Waals surface area contributed by atoms with Crippen LogP contribution >= 0.6 is 11.6 Å². The first-order valence-corrected chi connectivity index (χ1v) is 13.4. The van der Waals surface area contributed by atoms with Gasteiger partial charge in [-0.15, -0.1) is 0 Å². The number of hydrogen-bond acceptors (Lipinski definition) is 5. The second-order valence-electron chi connectivity index (χ2n) is 8.62. The number of carbonyl (C=O) groups excluding carboxylic acids is 1. The van der Waals surface area contributed by atoms with Gasteiger partial charge in [0, 0.05) is 44.6 Å². The molecule has 1 aliphatic heterocycles. The van der Waals surface area contributed by atoms with Crippen LogP contribution in [-0.2, 0) is 21.4 Å². The molecular formula is C25H30ClN5O3S. The molecule has 10 heteroatoms. The van der Waals surface area contributed by atoms with E-state index in [9.17, 15) is 13.2 Å². The van der Waals surface area contributed by atoms with Crippen LogP contribution < -0.4 is 15.4 Å². The van der Waals surface area contributed by atoms with Gasteiger partial charge in [0.15, 0.2) is 0 Å². The van der Waals surface area contributed by atoms with Crippen molar-refractivity contribution in [1.29, 1.82) is 0 Å². The van der Waals surface area contributed by atoms with Gasteiger partial charge >= 0.3 is 0 Å². The zero-order chi connectivity index (χ0) is 25.0. The monoisotopic (exact) mass is 515 g/mol. The van der Waals surface area contributed by atoms with E-state index in [1.165, 1.54) is 6.07 Å². The van der Waals surface area contributed by atoms with Gasteiger partial charge in [-0.1, -0.05) is 41.9 Å². The van der Waals surface area contributed by atoms with Gasteiger partial charge in [0.25, 0.3) is 0 Å². The second kappa shape index (κ2) is 10.7. The van der Waals surface area contributed by atoms with Gasteiger partial charge in [-0.25, -0.2) is 8.42 Å². The van der Waals surface area contributed by atoms with E-state index in [4.69, 9.17) is 17.3 Å². The fourth-order valence-corrected chi connectivity index (χ4v) is 6.43. The molecule has 0 radical (unpaired) electrons. The van der Waals surface area contributed by atoms with E-state index < -0.39 is 16.1 Å². The van der Waals surface area contributed by atoms with Crippen molar-refractivity contribution >= 4 is 39.0 Å². The number of nitrogens with two attached hydrogens (primary N) is 1. The summed E-state index contributed by atoms with van der Waals surface area (Å²) >= 11 is 6.24. The number of anilines is 2. The van der Waals surface area contributed by atoms with Crippen molar-refractivity contribution in [2.24, 2.45) is 0 Å². The molecule has 1 aliphatic rings. The van der Waals surface area contributed by atoms with Crippen LogP contribution in [0.15, 0.2) is 71.8 Å². The quantitative estimate of drug-likeness (QED) is 0.480. The van der Waals surface area contributed by atoms with E-state index in [1.807, 2.05) is 42.6 Å². The highest BCUT2D eigenvalue weighted by Crippen LogP contribution is 2.25. The van der Waals surface area contributed by atoms with Crippen molar-refractivity contribution in [3.8, 4) is 0 Å². The predicted molar refractivity (Wildman–Crippen MR) is 139 cm³/mol. The van der Waals surface area contributed by atoms with Gasteiger partial charge in [-0.3, -0.25) is 4.79 Å². The zero-order valence-corrected chi connectivity index (χ0v) is 21.2. The smallest absolute Gasteiger partial charge is 0.243 e. The van der Waals surface area contributed by atoms with E-state index in [2.05, 4.69) is 9.62 Å². The third-order valence-electron chi connectivity index (χ3n) is 6.26. The summed E-state index contributed by atoms with van der Waals surface area (Å²) in [5.74, 6) is 0.300. The van der Waals surface area contributed by atoms with Crippen LogP contribution in [-0.4, -0.2) is 56.0 Å². The molecule has 1 unspecified atom stereocenters. The molecule has 4 rings (SSSR count). The van der Waals surface area contributed by atoms with E-state index in [1.54, 1.807) is 34.6 Å². The number of piperazine rings is 1. The van der Waals surface area contributed by atoms with Crippen LogP contribution in [0.2, 0.25) is 5.02 Å². The molecule has 2 aromatic carbocycles. The third-order valence-corrected chi connectivity index (χ3v) is 8.37. The number of nitrogens with one attached hydrogen (secondary N) is 1. The number of carbonyl (C=O) groups is 1. The molecule has 35 heavy (non-hydrogen) atoms. The Balaban J connectivity index is 1.52. The number of nitrogens with zero attached hydrogens (tertiary/aromatic N) is 3. The summed E-state index contributed by atoms with van der Waals surface area (Å²) in [4.78, 5) is 17.5. The summed E-state index contributed by atoms with van der Waals surface area (Å²) in [7, 11) is -4.04. The number of benzene rings is 2. The van der Waals surface area contributed by atoms with Gasteiger partial charge in [-0.05, 0) is 49.2 Å². The Morgan fingerprint density at radius 1 is 1.03 bits per heavy atom. The highest BCUT2D eigenvalue weighted by atomic mass is 35.5. The molecule has 1 atom stereocenters. The molecule has 3 N–H and O–H groups in total. The standard InChI is InChI=1S/C25H30ClN5O3S/c1-19-7-5-10-21(26)24(19)35(33,34)28-22(12-14-30-13-6-11-23(30)27)25(32)31-17-15-29(16-18-31)20-8-3-2-4-9-20/h2-11,13,22,28H,12,14-18,27H2,1H3. The Morgan fingerprint density at radius 3 is 2.37 bits per heavy atom. The van der Waals surface area contributed by atoms with Crippen LogP contribution in [0.3, 0.4) is 0 Å². The van der Waals surface area contributed by atoms with Crippen LogP contribution in [0.5, 0.6) is 0 Å². The second-order valence-corrected chi connectivity index (χ2v) is 10.7. The van der Waals surface area contributed by atoms with Crippen molar-refractivity contribution in [3.05, 3.63) is 77.4 Å². The fourth-order valence-electron chi connectivity index (χ4n) is 4.38.